The van der Waals surface area contributed by atoms with E-state index in [1.807, 2.05) is 0 Å². The number of rotatable bonds is 5. The number of morpholine rings is 1. The number of aliphatic hydroxyl groups excluding tert-OH is 7. The number of aliphatic hydroxyl groups is 7. The van der Waals surface area contributed by atoms with Crippen LogP contribution in [-0.4, -0.2) is 212 Å². The van der Waals surface area contributed by atoms with Crippen molar-refractivity contribution in [3.63, 3.8) is 0 Å². The molecule has 7 N–H and O–H groups in total. The van der Waals surface area contributed by atoms with E-state index in [1.54, 1.807) is 0 Å². The van der Waals surface area contributed by atoms with Crippen molar-refractivity contribution in [2.24, 2.45) is 104 Å². The lowest BCUT2D eigenvalue weighted by molar-refractivity contribution is -0.163. The first-order valence-corrected chi connectivity index (χ1v) is 39.2. The van der Waals surface area contributed by atoms with Crippen LogP contribution in [0.1, 0.15) is 228 Å². The number of hydrogen-bond donors (Lipinski definition) is 7. The lowest BCUT2D eigenvalue weighted by Crippen LogP contribution is -2.61. The standard InChI is InChI=1S/C27H46N2O3.C27H46N2O2.C23H39NO3/c1-26-8-7-20-19(21(26)16-22(25(26)31)28-9-3-4-10-28)6-5-18-15-24(30)23(17-27(18,20)2)29-11-13-32-14-12-29;1-26-10-9-20-19(21(26)16-22(25(26)31)28-11-3-4-12-28)8-7-18-15-24(30)23(17-27(18,20)2)29-13-5-6-14-29;1-22-8-7-16-15(6-5-14-11-19(25)20(26)13-23(14,16)2)17(22)12-18(21(22)27)24-9-3-4-10-24/h18-25,30-31H,3-17H2,1-2H3;18-25,30-31H,3-17H2,1-2H3;14-21,25-27H,3-13H2,1-2H3/t18?,19?,20?,21?,22-,23+,24+,25+,26+,27+;18-,19?,20?,21?,22-,23-,24-,25-,26-,27-;14-,15?,16?,17?,18-,19-,20-,21-,22-,23-/m100/s1. The molecule has 5 saturated heterocycles. The van der Waals surface area contributed by atoms with Gasteiger partial charge in [0.15, 0.2) is 0 Å². The highest BCUT2D eigenvalue weighted by Gasteiger charge is 2.68. The van der Waals surface area contributed by atoms with Gasteiger partial charge in [-0.05, 0) is 342 Å². The minimum Gasteiger partial charge on any atom is -0.391 e. The first-order chi connectivity index (χ1) is 43.2. The normalized spacial score (nSPS) is 56.2. The Kier molecular flexibility index (Phi) is 18.2. The van der Waals surface area contributed by atoms with Gasteiger partial charge in [-0.3, -0.25) is 24.5 Å². The maximum absolute atomic E-state index is 11.5. The van der Waals surface area contributed by atoms with E-state index in [0.717, 1.165) is 88.5 Å². The minimum absolute atomic E-state index is 0.0738. The molecular formula is C77H131N5O8. The lowest BCUT2D eigenvalue weighted by Gasteiger charge is -2.62. The largest absolute Gasteiger partial charge is 0.391 e. The second kappa shape index (κ2) is 25.0. The molecule has 17 rings (SSSR count). The summed E-state index contributed by atoms with van der Waals surface area (Å²) in [6, 6.07) is 1.87. The minimum atomic E-state index is -0.551. The van der Waals surface area contributed by atoms with Crippen molar-refractivity contribution < 1.29 is 40.5 Å². The van der Waals surface area contributed by atoms with Gasteiger partial charge in [0.2, 0.25) is 0 Å². The first kappa shape index (κ1) is 65.4. The molecule has 0 aromatic rings. The molecule has 10 unspecified atom stereocenters. The van der Waals surface area contributed by atoms with Gasteiger partial charge < -0.3 is 40.5 Å². The van der Waals surface area contributed by atoms with Crippen molar-refractivity contribution in [1.29, 1.82) is 0 Å². The van der Waals surface area contributed by atoms with E-state index in [-0.39, 0.29) is 52.2 Å². The Morgan fingerprint density at radius 1 is 0.278 bits per heavy atom. The molecule has 12 saturated carbocycles. The molecule has 13 heteroatoms. The molecule has 0 aromatic carbocycles. The number of fused-ring (bicyclic) bond motifs is 15. The van der Waals surface area contributed by atoms with Crippen molar-refractivity contribution in [3.8, 4) is 0 Å². The molecule has 17 aliphatic rings. The van der Waals surface area contributed by atoms with Gasteiger partial charge in [-0.2, -0.15) is 0 Å². The number of likely N-dealkylation sites (tertiary alicyclic amines) is 4. The Balaban J connectivity index is 0.000000113. The van der Waals surface area contributed by atoms with Gasteiger partial charge in [0.25, 0.3) is 0 Å². The van der Waals surface area contributed by atoms with Crippen LogP contribution in [0.25, 0.3) is 0 Å². The molecule has 17 fully saturated rings. The molecule has 0 amide bonds. The molecule has 12 aliphatic carbocycles. The SMILES string of the molecule is C[C@]12CCC3C(CC[C@H]4C[C@H](O)[C@@H](N5CCCC5)C[C@]34C)C1C[C@H](N1CCCC1)[C@@H]2O.C[C@]12CCC3C(CC[C@H]4C[C@H](O)[C@@H](O)C[C@]34C)C1C[C@H](N1CCCC1)[C@@H]2O.C[C@]12C[C@H](N3CCOCC3)[C@@H](O)CC1CCC1C2CC[C@@]2(C)C1C[C@@H](N1CCCC1)[C@@H]2O. The second-order valence-corrected chi connectivity index (χ2v) is 37.2. The predicted molar refractivity (Wildman–Crippen MR) is 354 cm³/mol. The van der Waals surface area contributed by atoms with Crippen LogP contribution >= 0.6 is 0 Å². The highest BCUT2D eigenvalue weighted by atomic mass is 16.5. The van der Waals surface area contributed by atoms with Gasteiger partial charge in [-0.25, -0.2) is 0 Å². The van der Waals surface area contributed by atoms with Crippen LogP contribution in [0, 0.1) is 104 Å². The van der Waals surface area contributed by atoms with E-state index in [0.29, 0.717) is 88.4 Å². The quantitative estimate of drug-likeness (QED) is 0.139. The van der Waals surface area contributed by atoms with Crippen LogP contribution in [0.2, 0.25) is 0 Å². The van der Waals surface area contributed by atoms with Gasteiger partial charge in [-0.15, -0.1) is 0 Å². The summed E-state index contributed by atoms with van der Waals surface area (Å²) in [7, 11) is 0. The summed E-state index contributed by atoms with van der Waals surface area (Å²) < 4.78 is 5.61. The molecule has 90 heavy (non-hydrogen) atoms. The second-order valence-electron chi connectivity index (χ2n) is 37.2. The number of ether oxygens (including phenoxy) is 1. The molecule has 512 valence electrons. The summed E-state index contributed by atoms with van der Waals surface area (Å²) in [5.74, 6) is 8.38. The molecule has 5 aliphatic heterocycles. The topological polar surface area (TPSA) is 167 Å². The molecule has 0 radical (unpaired) electrons. The molecule has 5 heterocycles. The van der Waals surface area contributed by atoms with Gasteiger partial charge in [-0.1, -0.05) is 41.5 Å². The maximum atomic E-state index is 11.5. The molecule has 30 atom stereocenters. The first-order valence-electron chi connectivity index (χ1n) is 39.2. The number of hydrogen-bond acceptors (Lipinski definition) is 13. The fourth-order valence-electron chi connectivity index (χ4n) is 28.8. The Hall–Kier alpha value is -0.520. The van der Waals surface area contributed by atoms with E-state index in [4.69, 9.17) is 4.74 Å². The van der Waals surface area contributed by atoms with Gasteiger partial charge in [0.1, 0.15) is 0 Å². The van der Waals surface area contributed by atoms with Crippen LogP contribution in [0.5, 0.6) is 0 Å². The maximum Gasteiger partial charge on any atom is 0.0804 e. The Morgan fingerprint density at radius 3 is 0.900 bits per heavy atom. The van der Waals surface area contributed by atoms with Crippen molar-refractivity contribution >= 4 is 0 Å². The van der Waals surface area contributed by atoms with E-state index in [2.05, 4.69) is 66.0 Å². The number of nitrogens with zero attached hydrogens (tertiary/aromatic N) is 5. The zero-order valence-electron chi connectivity index (χ0n) is 57.6. The van der Waals surface area contributed by atoms with Crippen LogP contribution in [-0.2, 0) is 4.74 Å². The third kappa shape index (κ3) is 10.7. The Bertz CT molecular complexity index is 2470. The summed E-state index contributed by atoms with van der Waals surface area (Å²) in [5, 5.41) is 77.3. The van der Waals surface area contributed by atoms with Crippen LogP contribution in [0.15, 0.2) is 0 Å². The molecular weight excluding hydrogens is 1120 g/mol. The summed E-state index contributed by atoms with van der Waals surface area (Å²) in [4.78, 5) is 13.0. The lowest BCUT2D eigenvalue weighted by atomic mass is 9.44. The third-order valence-electron chi connectivity index (χ3n) is 33.9. The molecule has 0 spiro atoms. The van der Waals surface area contributed by atoms with Crippen LogP contribution in [0.4, 0.5) is 0 Å². The average Bonchev–Trinajstić information content (AvgIpc) is 1.42. The monoisotopic (exact) mass is 1250 g/mol. The van der Waals surface area contributed by atoms with Gasteiger partial charge in [0.05, 0.1) is 55.9 Å². The fourth-order valence-corrected chi connectivity index (χ4v) is 28.8. The van der Waals surface area contributed by atoms with Crippen molar-refractivity contribution in [2.75, 3.05) is 78.7 Å². The van der Waals surface area contributed by atoms with Crippen LogP contribution < -0.4 is 0 Å². The highest BCUT2D eigenvalue weighted by molar-refractivity contribution is 5.18. The van der Waals surface area contributed by atoms with Crippen molar-refractivity contribution in [3.05, 3.63) is 0 Å². The third-order valence-corrected chi connectivity index (χ3v) is 33.9. The van der Waals surface area contributed by atoms with E-state index in [9.17, 15) is 35.7 Å². The Morgan fingerprint density at radius 2 is 0.567 bits per heavy atom. The Labute approximate surface area is 545 Å². The average molecular weight is 1250 g/mol. The molecule has 0 bridgehead atoms. The van der Waals surface area contributed by atoms with Crippen LogP contribution in [0.3, 0.4) is 0 Å². The summed E-state index contributed by atoms with van der Waals surface area (Å²) in [6.07, 6.45) is 33.2. The van der Waals surface area contributed by atoms with E-state index >= 15 is 0 Å². The van der Waals surface area contributed by atoms with Gasteiger partial charge in [0, 0.05) is 43.3 Å². The van der Waals surface area contributed by atoms with E-state index in [1.165, 1.54) is 200 Å². The molecule has 13 nitrogen and oxygen atoms in total. The van der Waals surface area contributed by atoms with Crippen molar-refractivity contribution in [1.82, 2.24) is 24.5 Å². The zero-order chi connectivity index (χ0) is 62.4. The summed E-state index contributed by atoms with van der Waals surface area (Å²) in [6.45, 7) is 28.0. The summed E-state index contributed by atoms with van der Waals surface area (Å²) >= 11 is 0. The highest BCUT2D eigenvalue weighted by Crippen LogP contribution is 2.71. The zero-order valence-corrected chi connectivity index (χ0v) is 57.6. The van der Waals surface area contributed by atoms with Crippen molar-refractivity contribution in [2.45, 2.75) is 301 Å². The van der Waals surface area contributed by atoms with E-state index < -0.39 is 12.2 Å². The fraction of sp³-hybridized carbons (Fsp3) is 1.00. The predicted octanol–water partition coefficient (Wildman–Crippen LogP) is 9.83. The smallest absolute Gasteiger partial charge is 0.0804 e. The summed E-state index contributed by atoms with van der Waals surface area (Å²) in [5.41, 5.74) is 1.19. The molecule has 0 aromatic heterocycles. The van der Waals surface area contributed by atoms with Gasteiger partial charge >= 0.3 is 0 Å².